The van der Waals surface area contributed by atoms with E-state index in [0.717, 1.165) is 6.42 Å². The molecule has 0 aliphatic carbocycles. The third kappa shape index (κ3) is 1.24. The topological polar surface area (TPSA) is 52.6 Å². The number of hydrogen-bond donors (Lipinski definition) is 0. The van der Waals surface area contributed by atoms with E-state index in [1.807, 2.05) is 0 Å². The molecule has 3 fully saturated rings. The summed E-state index contributed by atoms with van der Waals surface area (Å²) in [5, 5.41) is 0.412. The highest BCUT2D eigenvalue weighted by molar-refractivity contribution is 8.01. The van der Waals surface area contributed by atoms with Crippen LogP contribution in [0.3, 0.4) is 0 Å². The second-order valence-electron chi connectivity index (χ2n) is 4.53. The molecular weight excluding hydrogens is 228 g/mol. The molecule has 3 heterocycles. The predicted molar refractivity (Wildman–Crippen MR) is 57.8 cm³/mol. The Morgan fingerprint density at radius 2 is 2.38 bits per heavy atom. The number of hydrogen-bond acceptors (Lipinski definition) is 5. The number of carbonyl (C=O) groups excluding carboxylic acids is 2. The summed E-state index contributed by atoms with van der Waals surface area (Å²) in [5.41, 5.74) is 0.383. The van der Waals surface area contributed by atoms with Crippen LogP contribution in [0.15, 0.2) is 12.2 Å². The zero-order valence-electron chi connectivity index (χ0n) is 8.84. The number of ether oxygens (including phenoxy) is 2. The molecule has 4 nitrogen and oxygen atoms in total. The highest BCUT2D eigenvalue weighted by Crippen LogP contribution is 2.55. The van der Waals surface area contributed by atoms with E-state index in [9.17, 15) is 9.59 Å². The lowest BCUT2D eigenvalue weighted by Crippen LogP contribution is -2.40. The Labute approximate surface area is 97.4 Å². The van der Waals surface area contributed by atoms with E-state index in [1.165, 1.54) is 0 Å². The number of esters is 2. The van der Waals surface area contributed by atoms with Gasteiger partial charge in [-0.2, -0.15) is 0 Å². The number of fused-ring (bicyclic) bond motifs is 1. The molecule has 2 bridgehead atoms. The maximum absolute atomic E-state index is 11.5. The van der Waals surface area contributed by atoms with Crippen LogP contribution in [0.25, 0.3) is 0 Å². The van der Waals surface area contributed by atoms with E-state index in [0.29, 0.717) is 5.57 Å². The molecule has 4 unspecified atom stereocenters. The van der Waals surface area contributed by atoms with E-state index < -0.39 is 5.97 Å². The van der Waals surface area contributed by atoms with Gasteiger partial charge in [0.15, 0.2) is 12.2 Å². The van der Waals surface area contributed by atoms with Gasteiger partial charge in [-0.3, -0.25) is 4.79 Å². The summed E-state index contributed by atoms with van der Waals surface area (Å²) in [6.45, 7) is 5.16. The van der Waals surface area contributed by atoms with E-state index in [1.54, 1.807) is 18.7 Å². The largest absolute Gasteiger partial charge is 0.457 e. The number of rotatable bonds is 2. The average Bonchev–Trinajstić information content (AvgIpc) is 2.81. The van der Waals surface area contributed by atoms with E-state index in [4.69, 9.17) is 9.47 Å². The van der Waals surface area contributed by atoms with Crippen LogP contribution in [0.1, 0.15) is 13.3 Å². The zero-order chi connectivity index (χ0) is 11.4. The van der Waals surface area contributed by atoms with Crippen molar-refractivity contribution in [1.29, 1.82) is 0 Å². The molecule has 86 valence electrons. The van der Waals surface area contributed by atoms with Crippen molar-refractivity contribution in [2.24, 2.45) is 5.92 Å². The Morgan fingerprint density at radius 3 is 3.06 bits per heavy atom. The molecule has 5 heteroatoms. The van der Waals surface area contributed by atoms with Crippen LogP contribution in [0.4, 0.5) is 0 Å². The van der Waals surface area contributed by atoms with Crippen molar-refractivity contribution >= 4 is 23.7 Å². The fourth-order valence-electron chi connectivity index (χ4n) is 2.61. The lowest BCUT2D eigenvalue weighted by Gasteiger charge is -2.23. The maximum Gasteiger partial charge on any atom is 0.333 e. The van der Waals surface area contributed by atoms with Gasteiger partial charge in [-0.15, -0.1) is 11.8 Å². The first-order valence-corrected chi connectivity index (χ1v) is 6.24. The molecule has 0 radical (unpaired) electrons. The molecular formula is C11H12O4S. The second kappa shape index (κ2) is 3.26. The molecule has 0 aromatic carbocycles. The number of thioether (sulfide) groups is 1. The van der Waals surface area contributed by atoms with Crippen molar-refractivity contribution in [3.63, 3.8) is 0 Å². The van der Waals surface area contributed by atoms with Gasteiger partial charge in [0, 0.05) is 10.8 Å². The minimum absolute atomic E-state index is 0.0276. The van der Waals surface area contributed by atoms with E-state index in [-0.39, 0.29) is 34.6 Å². The SMILES string of the molecule is C=C(C)C(=O)OC1C2OC(=O)C3C[C@@H]1SC32. The first kappa shape index (κ1) is 10.2. The summed E-state index contributed by atoms with van der Waals surface area (Å²) in [4.78, 5) is 22.9. The van der Waals surface area contributed by atoms with Gasteiger partial charge in [-0.1, -0.05) is 6.58 Å². The van der Waals surface area contributed by atoms with Crippen molar-refractivity contribution < 1.29 is 19.1 Å². The van der Waals surface area contributed by atoms with E-state index >= 15 is 0 Å². The second-order valence-corrected chi connectivity index (χ2v) is 5.96. The molecule has 0 saturated carbocycles. The van der Waals surface area contributed by atoms with Crippen molar-refractivity contribution in [3.05, 3.63) is 12.2 Å². The predicted octanol–water partition coefficient (Wildman–Crippen LogP) is 0.904. The third-order valence-electron chi connectivity index (χ3n) is 3.38. The van der Waals surface area contributed by atoms with Gasteiger partial charge in [0.1, 0.15) is 0 Å². The molecule has 16 heavy (non-hydrogen) atoms. The quantitative estimate of drug-likeness (QED) is 0.530. The van der Waals surface area contributed by atoms with Gasteiger partial charge in [-0.25, -0.2) is 4.79 Å². The Morgan fingerprint density at radius 1 is 1.62 bits per heavy atom. The van der Waals surface area contributed by atoms with Gasteiger partial charge in [0.2, 0.25) is 0 Å². The minimum atomic E-state index is -0.391. The van der Waals surface area contributed by atoms with Crippen molar-refractivity contribution in [3.8, 4) is 0 Å². The van der Waals surface area contributed by atoms with Crippen LogP contribution in [-0.2, 0) is 19.1 Å². The first-order valence-electron chi connectivity index (χ1n) is 5.30. The molecule has 3 aliphatic rings. The molecule has 0 spiro atoms. The van der Waals surface area contributed by atoms with Gasteiger partial charge >= 0.3 is 11.9 Å². The highest BCUT2D eigenvalue weighted by atomic mass is 32.2. The fraction of sp³-hybridized carbons (Fsp3) is 0.636. The summed E-state index contributed by atoms with van der Waals surface area (Å²) in [6, 6.07) is 0. The van der Waals surface area contributed by atoms with Crippen LogP contribution >= 0.6 is 11.8 Å². The third-order valence-corrected chi connectivity index (χ3v) is 5.10. The Balaban J connectivity index is 1.77. The Kier molecular flexibility index (Phi) is 2.08. The van der Waals surface area contributed by atoms with Crippen LogP contribution in [0, 0.1) is 5.92 Å². The van der Waals surface area contributed by atoms with Gasteiger partial charge in [-0.05, 0) is 13.3 Å². The molecule has 0 aromatic heterocycles. The van der Waals surface area contributed by atoms with E-state index in [2.05, 4.69) is 6.58 Å². The zero-order valence-corrected chi connectivity index (χ0v) is 9.66. The Hall–Kier alpha value is -0.970. The molecule has 3 saturated heterocycles. The lowest BCUT2D eigenvalue weighted by atomic mass is 9.88. The van der Waals surface area contributed by atoms with Crippen LogP contribution in [0.2, 0.25) is 0 Å². The summed E-state index contributed by atoms with van der Waals surface area (Å²) < 4.78 is 10.6. The molecule has 3 aliphatic heterocycles. The average molecular weight is 240 g/mol. The monoisotopic (exact) mass is 240 g/mol. The molecule has 0 amide bonds. The lowest BCUT2D eigenvalue weighted by molar-refractivity contribution is -0.156. The first-order chi connectivity index (χ1) is 7.58. The smallest absolute Gasteiger partial charge is 0.333 e. The standard InChI is InChI=1S/C11H12O4S/c1-4(2)10(12)14-7-6-3-5-9(16-6)8(7)15-11(5)13/h5-9H,1,3H2,2H3/t5?,6-,7?,8?,9?/m0/s1. The molecule has 0 N–H and O–H groups in total. The van der Waals surface area contributed by atoms with Gasteiger partial charge in [0.05, 0.1) is 11.2 Å². The number of carbonyl (C=O) groups is 2. The van der Waals surface area contributed by atoms with Crippen molar-refractivity contribution in [2.75, 3.05) is 0 Å². The highest BCUT2D eigenvalue weighted by Gasteiger charge is 2.64. The summed E-state index contributed by atoms with van der Waals surface area (Å²) in [6.07, 6.45) is 0.269. The molecule has 5 atom stereocenters. The Bertz CT molecular complexity index is 391. The van der Waals surface area contributed by atoms with Crippen molar-refractivity contribution in [1.82, 2.24) is 0 Å². The van der Waals surface area contributed by atoms with Crippen LogP contribution in [0.5, 0.6) is 0 Å². The molecule has 0 aromatic rings. The normalized spacial score (nSPS) is 43.3. The van der Waals surface area contributed by atoms with Crippen LogP contribution < -0.4 is 0 Å². The summed E-state index contributed by atoms with van der Waals surface area (Å²) in [7, 11) is 0. The minimum Gasteiger partial charge on any atom is -0.457 e. The summed E-state index contributed by atoms with van der Waals surface area (Å²) >= 11 is 1.72. The van der Waals surface area contributed by atoms with Gasteiger partial charge < -0.3 is 9.47 Å². The fourth-order valence-corrected chi connectivity index (χ4v) is 4.47. The van der Waals surface area contributed by atoms with Crippen LogP contribution in [-0.4, -0.2) is 34.6 Å². The molecule has 3 rings (SSSR count). The van der Waals surface area contributed by atoms with Crippen molar-refractivity contribution in [2.45, 2.75) is 36.1 Å². The van der Waals surface area contributed by atoms with Gasteiger partial charge in [0.25, 0.3) is 0 Å². The maximum atomic E-state index is 11.5. The summed E-state index contributed by atoms with van der Waals surface area (Å²) in [5.74, 6) is -0.490.